The number of rotatable bonds is 6. The number of guanidine groups is 1. The van der Waals surface area contributed by atoms with Crippen molar-refractivity contribution in [3.63, 3.8) is 0 Å². The van der Waals surface area contributed by atoms with Gasteiger partial charge in [0.25, 0.3) is 0 Å². The van der Waals surface area contributed by atoms with Crippen molar-refractivity contribution >= 4 is 5.96 Å². The predicted molar refractivity (Wildman–Crippen MR) is 79.8 cm³/mol. The van der Waals surface area contributed by atoms with Crippen LogP contribution in [-0.4, -0.2) is 36.4 Å². The number of ether oxygens (including phenoxy) is 1. The first-order chi connectivity index (χ1) is 10.1. The van der Waals surface area contributed by atoms with Crippen molar-refractivity contribution in [2.24, 2.45) is 10.7 Å². The molecule has 0 spiro atoms. The molecular formula is C15H22FN3O2. The van der Waals surface area contributed by atoms with E-state index >= 15 is 0 Å². The number of nitrogens with zero attached hydrogens (tertiary/aromatic N) is 1. The van der Waals surface area contributed by atoms with Gasteiger partial charge in [-0.2, -0.15) is 0 Å². The van der Waals surface area contributed by atoms with Crippen LogP contribution in [0, 0.1) is 5.82 Å². The highest BCUT2D eigenvalue weighted by Gasteiger charge is 2.15. The van der Waals surface area contributed by atoms with Gasteiger partial charge >= 0.3 is 0 Å². The molecule has 6 heteroatoms. The van der Waals surface area contributed by atoms with Crippen LogP contribution in [0.25, 0.3) is 0 Å². The topological polar surface area (TPSA) is 79.9 Å². The van der Waals surface area contributed by atoms with Gasteiger partial charge in [-0.1, -0.05) is 18.9 Å². The number of hydrogen-bond acceptors (Lipinski definition) is 3. The summed E-state index contributed by atoms with van der Waals surface area (Å²) in [5.41, 5.74) is 5.77. The molecule has 2 rings (SSSR count). The number of aliphatic imine (C=N–C) groups is 1. The van der Waals surface area contributed by atoms with Gasteiger partial charge in [-0.05, 0) is 25.0 Å². The Morgan fingerprint density at radius 1 is 1.48 bits per heavy atom. The van der Waals surface area contributed by atoms with Crippen LogP contribution in [0.15, 0.2) is 29.3 Å². The minimum absolute atomic E-state index is 0.0453. The maximum Gasteiger partial charge on any atom is 0.188 e. The smallest absolute Gasteiger partial charge is 0.188 e. The molecule has 0 bridgehead atoms. The highest BCUT2D eigenvalue weighted by Crippen LogP contribution is 2.17. The van der Waals surface area contributed by atoms with Crippen molar-refractivity contribution < 1.29 is 14.2 Å². The van der Waals surface area contributed by atoms with Crippen molar-refractivity contribution in [1.29, 1.82) is 0 Å². The third-order valence-electron chi connectivity index (χ3n) is 3.42. The molecule has 4 N–H and O–H groups in total. The van der Waals surface area contributed by atoms with E-state index in [9.17, 15) is 9.50 Å². The summed E-state index contributed by atoms with van der Waals surface area (Å²) in [6.45, 7) is 0.199. The molecule has 1 atom stereocenters. The third kappa shape index (κ3) is 5.59. The lowest BCUT2D eigenvalue weighted by Gasteiger charge is -2.14. The molecule has 1 aromatic rings. The molecule has 0 heterocycles. The van der Waals surface area contributed by atoms with Crippen LogP contribution in [0.3, 0.4) is 0 Å². The van der Waals surface area contributed by atoms with Crippen molar-refractivity contribution in [3.8, 4) is 5.75 Å². The Morgan fingerprint density at radius 3 is 2.95 bits per heavy atom. The van der Waals surface area contributed by atoms with Crippen LogP contribution in [0.1, 0.15) is 25.7 Å². The van der Waals surface area contributed by atoms with Crippen LogP contribution >= 0.6 is 0 Å². The quantitative estimate of drug-likeness (QED) is 0.547. The number of nitrogens with one attached hydrogen (secondary N) is 1. The molecule has 1 aliphatic carbocycles. The first-order valence-electron chi connectivity index (χ1n) is 7.26. The molecule has 21 heavy (non-hydrogen) atoms. The van der Waals surface area contributed by atoms with Gasteiger partial charge in [0.2, 0.25) is 0 Å². The second-order valence-corrected chi connectivity index (χ2v) is 5.27. The summed E-state index contributed by atoms with van der Waals surface area (Å²) in [5.74, 6) is 0.367. The summed E-state index contributed by atoms with van der Waals surface area (Å²) >= 11 is 0. The average molecular weight is 295 g/mol. The molecule has 5 nitrogen and oxygen atoms in total. The van der Waals surface area contributed by atoms with E-state index in [1.54, 1.807) is 12.1 Å². The number of aliphatic hydroxyl groups excluding tert-OH is 1. The number of benzene rings is 1. The molecule has 0 aromatic heterocycles. The van der Waals surface area contributed by atoms with E-state index in [2.05, 4.69) is 10.3 Å². The predicted octanol–water partition coefficient (Wildman–Crippen LogP) is 1.41. The molecule has 0 saturated heterocycles. The number of halogens is 1. The molecular weight excluding hydrogens is 273 g/mol. The molecule has 1 aromatic carbocycles. The lowest BCUT2D eigenvalue weighted by Crippen LogP contribution is -2.39. The maximum atomic E-state index is 13.0. The summed E-state index contributed by atoms with van der Waals surface area (Å²) in [5, 5.41) is 12.9. The van der Waals surface area contributed by atoms with Crippen molar-refractivity contribution in [2.75, 3.05) is 13.2 Å². The number of hydrogen-bond donors (Lipinski definition) is 3. The normalized spacial score (nSPS) is 17.7. The lowest BCUT2D eigenvalue weighted by molar-refractivity contribution is 0.114. The SMILES string of the molecule is NC(=NC[C@H](O)COc1cccc(F)c1)NC1CCCC1. The van der Waals surface area contributed by atoms with Gasteiger partial charge in [-0.25, -0.2) is 4.39 Å². The Kier molecular flexibility index (Phi) is 5.80. The minimum atomic E-state index is -0.780. The zero-order valence-corrected chi connectivity index (χ0v) is 12.0. The fraction of sp³-hybridized carbons (Fsp3) is 0.533. The largest absolute Gasteiger partial charge is 0.491 e. The zero-order valence-electron chi connectivity index (χ0n) is 12.0. The van der Waals surface area contributed by atoms with E-state index < -0.39 is 6.10 Å². The number of nitrogens with two attached hydrogens (primary N) is 1. The van der Waals surface area contributed by atoms with Gasteiger partial charge in [0.1, 0.15) is 24.3 Å². The van der Waals surface area contributed by atoms with Crippen LogP contribution < -0.4 is 15.8 Å². The summed E-state index contributed by atoms with van der Waals surface area (Å²) in [4.78, 5) is 4.10. The van der Waals surface area contributed by atoms with E-state index in [1.165, 1.54) is 25.0 Å². The molecule has 0 amide bonds. The molecule has 0 unspecified atom stereocenters. The van der Waals surface area contributed by atoms with Crippen LogP contribution in [-0.2, 0) is 0 Å². The first kappa shape index (κ1) is 15.6. The lowest BCUT2D eigenvalue weighted by atomic mass is 10.2. The monoisotopic (exact) mass is 295 g/mol. The van der Waals surface area contributed by atoms with E-state index in [0.717, 1.165) is 12.8 Å². The fourth-order valence-electron chi connectivity index (χ4n) is 2.33. The van der Waals surface area contributed by atoms with Gasteiger partial charge in [0.05, 0.1) is 6.54 Å². The standard InChI is InChI=1S/C15H22FN3O2/c16-11-4-3-7-14(8-11)21-10-13(20)9-18-15(17)19-12-5-1-2-6-12/h3-4,7-8,12-13,20H,1-2,5-6,9-10H2,(H3,17,18,19)/t13-/m0/s1. The zero-order chi connectivity index (χ0) is 15.1. The summed E-state index contributed by atoms with van der Waals surface area (Å²) < 4.78 is 18.2. The summed E-state index contributed by atoms with van der Waals surface area (Å²) in [6, 6.07) is 6.19. The van der Waals surface area contributed by atoms with Gasteiger partial charge < -0.3 is 20.9 Å². The van der Waals surface area contributed by atoms with Crippen LogP contribution in [0.5, 0.6) is 5.75 Å². The molecule has 0 radical (unpaired) electrons. The average Bonchev–Trinajstić information content (AvgIpc) is 2.96. The van der Waals surface area contributed by atoms with E-state index in [-0.39, 0.29) is 19.0 Å². The fourth-order valence-corrected chi connectivity index (χ4v) is 2.33. The highest BCUT2D eigenvalue weighted by molar-refractivity contribution is 5.78. The Hall–Kier alpha value is -1.82. The molecule has 116 valence electrons. The Bertz CT molecular complexity index is 476. The van der Waals surface area contributed by atoms with E-state index in [1.807, 2.05) is 0 Å². The van der Waals surface area contributed by atoms with Crippen molar-refractivity contribution in [2.45, 2.75) is 37.8 Å². The Balaban J connectivity index is 1.69. The van der Waals surface area contributed by atoms with Gasteiger partial charge in [0, 0.05) is 12.1 Å². The van der Waals surface area contributed by atoms with E-state index in [4.69, 9.17) is 10.5 Å². The summed E-state index contributed by atoms with van der Waals surface area (Å²) in [6.07, 6.45) is 3.88. The molecule has 1 fully saturated rings. The van der Waals surface area contributed by atoms with Gasteiger partial charge in [0.15, 0.2) is 5.96 Å². The Morgan fingerprint density at radius 2 is 2.24 bits per heavy atom. The molecule has 0 aliphatic heterocycles. The first-order valence-corrected chi connectivity index (χ1v) is 7.26. The maximum absolute atomic E-state index is 13.0. The third-order valence-corrected chi connectivity index (χ3v) is 3.42. The van der Waals surface area contributed by atoms with Gasteiger partial charge in [-0.3, -0.25) is 4.99 Å². The van der Waals surface area contributed by atoms with Crippen molar-refractivity contribution in [3.05, 3.63) is 30.1 Å². The van der Waals surface area contributed by atoms with Crippen LogP contribution in [0.2, 0.25) is 0 Å². The highest BCUT2D eigenvalue weighted by atomic mass is 19.1. The van der Waals surface area contributed by atoms with Crippen LogP contribution in [0.4, 0.5) is 4.39 Å². The number of aliphatic hydroxyl groups is 1. The molecule has 1 saturated carbocycles. The van der Waals surface area contributed by atoms with Gasteiger partial charge in [-0.15, -0.1) is 0 Å². The van der Waals surface area contributed by atoms with Crippen molar-refractivity contribution in [1.82, 2.24) is 5.32 Å². The Labute approximate surface area is 124 Å². The second kappa shape index (κ2) is 7.83. The van der Waals surface area contributed by atoms with E-state index in [0.29, 0.717) is 17.8 Å². The minimum Gasteiger partial charge on any atom is -0.491 e. The molecule has 1 aliphatic rings. The summed E-state index contributed by atoms with van der Waals surface area (Å²) in [7, 11) is 0. The second-order valence-electron chi connectivity index (χ2n) is 5.27.